The number of nitrogens with zero attached hydrogens (tertiary/aromatic N) is 2. The van der Waals surface area contributed by atoms with Crippen LogP contribution in [0.5, 0.6) is 0 Å². The number of halogens is 4. The fourth-order valence-corrected chi connectivity index (χ4v) is 1.95. The Morgan fingerprint density at radius 3 is 2.60 bits per heavy atom. The van der Waals surface area contributed by atoms with Crippen LogP contribution in [0.15, 0.2) is 18.5 Å². The molecule has 20 heavy (non-hydrogen) atoms. The Labute approximate surface area is 118 Å². The zero-order valence-corrected chi connectivity index (χ0v) is 11.3. The van der Waals surface area contributed by atoms with Crippen LogP contribution in [0, 0.1) is 17.5 Å². The van der Waals surface area contributed by atoms with Crippen molar-refractivity contribution < 1.29 is 13.2 Å². The third-order valence-electron chi connectivity index (χ3n) is 2.68. The molecule has 0 atom stereocenters. The Morgan fingerprint density at radius 2 is 1.90 bits per heavy atom. The van der Waals surface area contributed by atoms with Crippen LogP contribution in [-0.2, 0) is 6.42 Å². The van der Waals surface area contributed by atoms with Crippen LogP contribution < -0.4 is 5.32 Å². The van der Waals surface area contributed by atoms with Gasteiger partial charge in [0.15, 0.2) is 17.5 Å². The molecule has 2 aromatic rings. The van der Waals surface area contributed by atoms with Gasteiger partial charge in [0.1, 0.15) is 17.3 Å². The summed E-state index contributed by atoms with van der Waals surface area (Å²) in [6.07, 6.45) is 2.57. The fourth-order valence-electron chi connectivity index (χ4n) is 1.72. The largest absolute Gasteiger partial charge is 0.337 e. The minimum absolute atomic E-state index is 0.212. The average Bonchev–Trinajstić information content (AvgIpc) is 2.43. The number of benzene rings is 1. The number of nitrogens with one attached hydrogen (secondary N) is 1. The maximum Gasteiger partial charge on any atom is 0.196 e. The van der Waals surface area contributed by atoms with Gasteiger partial charge in [0.25, 0.3) is 0 Å². The van der Waals surface area contributed by atoms with Crippen molar-refractivity contribution in [1.29, 1.82) is 0 Å². The minimum Gasteiger partial charge on any atom is -0.337 e. The topological polar surface area (TPSA) is 37.8 Å². The van der Waals surface area contributed by atoms with E-state index in [9.17, 15) is 13.2 Å². The first-order chi connectivity index (χ1) is 9.54. The van der Waals surface area contributed by atoms with Crippen LogP contribution in [0.25, 0.3) is 0 Å². The van der Waals surface area contributed by atoms with Gasteiger partial charge in [-0.2, -0.15) is 0 Å². The molecule has 0 saturated carbocycles. The van der Waals surface area contributed by atoms with Crippen molar-refractivity contribution in [2.75, 3.05) is 5.32 Å². The molecule has 7 heteroatoms. The second-order valence-electron chi connectivity index (χ2n) is 4.09. The summed E-state index contributed by atoms with van der Waals surface area (Å²) >= 11 is 5.95. The van der Waals surface area contributed by atoms with Gasteiger partial charge in [0.2, 0.25) is 0 Å². The molecule has 0 spiro atoms. The summed E-state index contributed by atoms with van der Waals surface area (Å²) in [6, 6.07) is 1.93. The summed E-state index contributed by atoms with van der Waals surface area (Å²) in [5.74, 6) is -3.81. The van der Waals surface area contributed by atoms with Crippen LogP contribution >= 0.6 is 11.6 Å². The predicted octanol–water partition coefficient (Wildman–Crippen LogP) is 4.24. The molecule has 2 rings (SSSR count). The number of anilines is 2. The lowest BCUT2D eigenvalue weighted by molar-refractivity contribution is 0.449. The molecule has 0 fully saturated rings. The summed E-state index contributed by atoms with van der Waals surface area (Å²) in [5.41, 5.74) is 0.386. The van der Waals surface area contributed by atoms with Crippen LogP contribution in [0.4, 0.5) is 24.7 Å². The summed E-state index contributed by atoms with van der Waals surface area (Å²) in [5, 5.41) is 2.86. The third-order valence-corrected chi connectivity index (χ3v) is 3.01. The highest BCUT2D eigenvalue weighted by Crippen LogP contribution is 2.27. The second-order valence-corrected chi connectivity index (χ2v) is 4.45. The van der Waals surface area contributed by atoms with Crippen molar-refractivity contribution in [3.05, 3.63) is 46.6 Å². The van der Waals surface area contributed by atoms with Crippen molar-refractivity contribution in [3.8, 4) is 0 Å². The molecule has 0 unspecified atom stereocenters. The maximum absolute atomic E-state index is 13.6. The zero-order chi connectivity index (χ0) is 14.7. The predicted molar refractivity (Wildman–Crippen MR) is 70.6 cm³/mol. The summed E-state index contributed by atoms with van der Waals surface area (Å²) < 4.78 is 39.7. The molecule has 1 aromatic carbocycles. The third kappa shape index (κ3) is 2.85. The van der Waals surface area contributed by atoms with E-state index in [1.807, 2.05) is 6.92 Å². The smallest absolute Gasteiger partial charge is 0.196 e. The molecule has 0 bridgehead atoms. The van der Waals surface area contributed by atoms with Crippen molar-refractivity contribution in [2.24, 2.45) is 0 Å². The van der Waals surface area contributed by atoms with Crippen LogP contribution in [-0.4, -0.2) is 9.97 Å². The Kier molecular flexibility index (Phi) is 4.44. The van der Waals surface area contributed by atoms with E-state index in [1.165, 1.54) is 6.33 Å². The fraction of sp³-hybridized carbons (Fsp3) is 0.231. The number of rotatable bonds is 4. The van der Waals surface area contributed by atoms with E-state index in [0.717, 1.165) is 18.6 Å². The summed E-state index contributed by atoms with van der Waals surface area (Å²) in [7, 11) is 0. The molecule has 0 radical (unpaired) electrons. The van der Waals surface area contributed by atoms with Gasteiger partial charge in [-0.25, -0.2) is 23.1 Å². The Balaban J connectivity index is 2.40. The summed E-state index contributed by atoms with van der Waals surface area (Å²) in [6.45, 7) is 1.94. The number of hydrogen-bond acceptors (Lipinski definition) is 3. The molecule has 0 amide bonds. The van der Waals surface area contributed by atoms with E-state index >= 15 is 0 Å². The first-order valence-electron chi connectivity index (χ1n) is 5.94. The van der Waals surface area contributed by atoms with Gasteiger partial charge in [0, 0.05) is 5.56 Å². The SMILES string of the molecule is CCCc1c(Cl)ncnc1Nc1ccc(F)c(F)c1F. The Bertz CT molecular complexity index is 634. The highest BCUT2D eigenvalue weighted by Gasteiger charge is 2.16. The average molecular weight is 302 g/mol. The molecule has 1 N–H and O–H groups in total. The molecule has 0 aliphatic rings. The Morgan fingerprint density at radius 1 is 1.15 bits per heavy atom. The van der Waals surface area contributed by atoms with Crippen LogP contribution in [0.1, 0.15) is 18.9 Å². The highest BCUT2D eigenvalue weighted by atomic mass is 35.5. The monoisotopic (exact) mass is 301 g/mol. The van der Waals surface area contributed by atoms with Gasteiger partial charge in [-0.05, 0) is 18.6 Å². The lowest BCUT2D eigenvalue weighted by atomic mass is 10.2. The van der Waals surface area contributed by atoms with E-state index in [0.29, 0.717) is 12.0 Å². The lowest BCUT2D eigenvalue weighted by Gasteiger charge is -2.12. The normalized spacial score (nSPS) is 10.7. The van der Waals surface area contributed by atoms with E-state index < -0.39 is 17.5 Å². The molecule has 0 saturated heterocycles. The molecule has 0 aliphatic heterocycles. The van der Waals surface area contributed by atoms with Gasteiger partial charge in [-0.1, -0.05) is 24.9 Å². The molecular formula is C13H11ClF3N3. The van der Waals surface area contributed by atoms with Gasteiger partial charge in [-0.3, -0.25) is 0 Å². The summed E-state index contributed by atoms with van der Waals surface area (Å²) in [4.78, 5) is 7.80. The molecule has 106 valence electrons. The molecule has 0 aliphatic carbocycles. The van der Waals surface area contributed by atoms with Crippen molar-refractivity contribution >= 4 is 23.1 Å². The second kappa shape index (κ2) is 6.09. The highest BCUT2D eigenvalue weighted by molar-refractivity contribution is 6.30. The van der Waals surface area contributed by atoms with E-state index in [1.54, 1.807) is 0 Å². The minimum atomic E-state index is -1.54. The van der Waals surface area contributed by atoms with Crippen LogP contribution in [0.2, 0.25) is 5.15 Å². The van der Waals surface area contributed by atoms with Crippen molar-refractivity contribution in [3.63, 3.8) is 0 Å². The lowest BCUT2D eigenvalue weighted by Crippen LogP contribution is -2.04. The van der Waals surface area contributed by atoms with E-state index in [-0.39, 0.29) is 16.7 Å². The molecule has 1 heterocycles. The first kappa shape index (κ1) is 14.6. The number of hydrogen-bond donors (Lipinski definition) is 1. The van der Waals surface area contributed by atoms with E-state index in [2.05, 4.69) is 15.3 Å². The van der Waals surface area contributed by atoms with Crippen molar-refractivity contribution in [2.45, 2.75) is 19.8 Å². The van der Waals surface area contributed by atoms with Gasteiger partial charge in [-0.15, -0.1) is 0 Å². The van der Waals surface area contributed by atoms with E-state index in [4.69, 9.17) is 11.6 Å². The van der Waals surface area contributed by atoms with Crippen LogP contribution in [0.3, 0.4) is 0 Å². The molecular weight excluding hydrogens is 291 g/mol. The zero-order valence-electron chi connectivity index (χ0n) is 10.6. The van der Waals surface area contributed by atoms with Gasteiger partial charge >= 0.3 is 0 Å². The number of aromatic nitrogens is 2. The first-order valence-corrected chi connectivity index (χ1v) is 6.32. The van der Waals surface area contributed by atoms with Gasteiger partial charge < -0.3 is 5.32 Å². The standard InChI is InChI=1S/C13H11ClF3N3/c1-2-3-7-12(14)18-6-19-13(7)20-9-5-4-8(15)10(16)11(9)17/h4-6H,2-3H2,1H3,(H,18,19,20). The molecule has 3 nitrogen and oxygen atoms in total. The Hall–Kier alpha value is -1.82. The van der Waals surface area contributed by atoms with Crippen molar-refractivity contribution in [1.82, 2.24) is 9.97 Å². The quantitative estimate of drug-likeness (QED) is 0.678. The molecule has 1 aromatic heterocycles. The maximum atomic E-state index is 13.6. The van der Waals surface area contributed by atoms with Gasteiger partial charge in [0.05, 0.1) is 5.69 Å².